The van der Waals surface area contributed by atoms with Crippen LogP contribution in [0.25, 0.3) is 10.8 Å². The molecule has 2 nitrogen and oxygen atoms in total. The van der Waals surface area contributed by atoms with Crippen LogP contribution >= 0.6 is 0 Å². The molecule has 3 aromatic rings. The van der Waals surface area contributed by atoms with Crippen LogP contribution in [0.5, 0.6) is 0 Å². The van der Waals surface area contributed by atoms with Crippen molar-refractivity contribution >= 4 is 10.8 Å². The van der Waals surface area contributed by atoms with Crippen molar-refractivity contribution in [3.63, 3.8) is 0 Å². The maximum Gasteiger partial charge on any atom is 0.123 e. The molecule has 3 heteroatoms. The number of nitrogens with zero attached hydrogens (tertiary/aromatic N) is 1. The maximum atomic E-state index is 12.9. The van der Waals surface area contributed by atoms with Gasteiger partial charge < -0.3 is 5.32 Å². The molecule has 136 valence electrons. The first-order valence-electron chi connectivity index (χ1n) is 9.43. The lowest BCUT2D eigenvalue weighted by atomic mass is 10.0. The maximum absolute atomic E-state index is 12.9. The first-order valence-corrected chi connectivity index (χ1v) is 9.43. The first-order chi connectivity index (χ1) is 12.6. The molecule has 26 heavy (non-hydrogen) atoms. The van der Waals surface area contributed by atoms with Crippen LogP contribution in [0.15, 0.2) is 54.9 Å². The van der Waals surface area contributed by atoms with E-state index in [1.54, 1.807) is 12.1 Å². The molecule has 0 spiro atoms. The van der Waals surface area contributed by atoms with E-state index in [0.717, 1.165) is 25.8 Å². The van der Waals surface area contributed by atoms with Crippen molar-refractivity contribution in [3.8, 4) is 0 Å². The third kappa shape index (κ3) is 5.12. The molecule has 0 aliphatic heterocycles. The number of fused-ring (bicyclic) bond motifs is 1. The lowest BCUT2D eigenvalue weighted by Crippen LogP contribution is -2.25. The molecule has 0 fully saturated rings. The van der Waals surface area contributed by atoms with Gasteiger partial charge in [0.1, 0.15) is 5.82 Å². The van der Waals surface area contributed by atoms with Gasteiger partial charge in [0, 0.05) is 30.4 Å². The molecular formula is C23H27FN2. The number of aryl methyl sites for hydroxylation is 2. The van der Waals surface area contributed by atoms with Gasteiger partial charge in [-0.15, -0.1) is 0 Å². The average Bonchev–Trinajstić information content (AvgIpc) is 2.65. The molecule has 0 saturated heterocycles. The minimum Gasteiger partial charge on any atom is -0.310 e. The van der Waals surface area contributed by atoms with Gasteiger partial charge in [-0.25, -0.2) is 4.39 Å². The topological polar surface area (TPSA) is 24.9 Å². The monoisotopic (exact) mass is 350 g/mol. The highest BCUT2D eigenvalue weighted by molar-refractivity contribution is 5.85. The second-order valence-electron chi connectivity index (χ2n) is 7.17. The van der Waals surface area contributed by atoms with Gasteiger partial charge in [0.15, 0.2) is 0 Å². The van der Waals surface area contributed by atoms with Crippen LogP contribution in [0.1, 0.15) is 42.9 Å². The zero-order valence-corrected chi connectivity index (χ0v) is 15.6. The Morgan fingerprint density at radius 2 is 1.77 bits per heavy atom. The van der Waals surface area contributed by atoms with E-state index in [4.69, 9.17) is 0 Å². The Kier molecular flexibility index (Phi) is 6.35. The third-order valence-electron chi connectivity index (χ3n) is 4.94. The molecule has 3 rings (SSSR count). The minimum absolute atomic E-state index is 0.160. The molecule has 1 atom stereocenters. The summed E-state index contributed by atoms with van der Waals surface area (Å²) in [6.45, 7) is 5.24. The van der Waals surface area contributed by atoms with E-state index >= 15 is 0 Å². The molecule has 0 amide bonds. The summed E-state index contributed by atoms with van der Waals surface area (Å²) in [5, 5.41) is 6.10. The highest BCUT2D eigenvalue weighted by Gasteiger charge is 2.04. The quantitative estimate of drug-likeness (QED) is 0.537. The largest absolute Gasteiger partial charge is 0.310 e. The Bertz CT molecular complexity index is 842. The van der Waals surface area contributed by atoms with Crippen molar-refractivity contribution in [3.05, 3.63) is 77.4 Å². The average molecular weight is 350 g/mol. The van der Waals surface area contributed by atoms with Crippen molar-refractivity contribution < 1.29 is 4.39 Å². The second-order valence-corrected chi connectivity index (χ2v) is 7.17. The summed E-state index contributed by atoms with van der Waals surface area (Å²) in [4.78, 5) is 4.25. The first kappa shape index (κ1) is 18.5. The van der Waals surface area contributed by atoms with E-state index in [1.807, 2.05) is 24.5 Å². The highest BCUT2D eigenvalue weighted by atomic mass is 19.1. The van der Waals surface area contributed by atoms with E-state index < -0.39 is 0 Å². The van der Waals surface area contributed by atoms with Crippen molar-refractivity contribution in [2.75, 3.05) is 0 Å². The molecule has 0 unspecified atom stereocenters. The molecule has 0 radical (unpaired) electrons. The Morgan fingerprint density at radius 3 is 2.58 bits per heavy atom. The van der Waals surface area contributed by atoms with Crippen LogP contribution in [-0.4, -0.2) is 11.0 Å². The third-order valence-corrected chi connectivity index (χ3v) is 4.94. The molecule has 2 aromatic carbocycles. The molecule has 1 heterocycles. The minimum atomic E-state index is -0.160. The number of nitrogens with one attached hydrogen (secondary N) is 1. The fraction of sp³-hybridized carbons (Fsp3) is 0.348. The van der Waals surface area contributed by atoms with Crippen molar-refractivity contribution in [1.29, 1.82) is 0 Å². The summed E-state index contributed by atoms with van der Waals surface area (Å²) in [6.07, 6.45) is 8.32. The summed E-state index contributed by atoms with van der Waals surface area (Å²) < 4.78 is 12.9. The summed E-state index contributed by atoms with van der Waals surface area (Å²) in [5.74, 6) is -0.160. The van der Waals surface area contributed by atoms with E-state index in [2.05, 4.69) is 42.3 Å². The zero-order chi connectivity index (χ0) is 18.4. The van der Waals surface area contributed by atoms with Crippen molar-refractivity contribution in [2.45, 2.75) is 52.1 Å². The normalized spacial score (nSPS) is 12.4. The van der Waals surface area contributed by atoms with Crippen LogP contribution in [0.2, 0.25) is 0 Å². The second kappa shape index (κ2) is 8.91. The number of aromatic nitrogens is 1. The predicted molar refractivity (Wildman–Crippen MR) is 107 cm³/mol. The Balaban J connectivity index is 1.41. The fourth-order valence-corrected chi connectivity index (χ4v) is 3.29. The zero-order valence-electron chi connectivity index (χ0n) is 15.6. The molecule has 0 saturated carbocycles. The fourth-order valence-electron chi connectivity index (χ4n) is 3.29. The van der Waals surface area contributed by atoms with Crippen molar-refractivity contribution in [2.24, 2.45) is 0 Å². The van der Waals surface area contributed by atoms with Gasteiger partial charge in [-0.3, -0.25) is 4.98 Å². The van der Waals surface area contributed by atoms with Crippen LogP contribution in [0.3, 0.4) is 0 Å². The van der Waals surface area contributed by atoms with Crippen LogP contribution < -0.4 is 5.32 Å². The Labute approximate surface area is 155 Å². The van der Waals surface area contributed by atoms with Crippen LogP contribution in [-0.2, 0) is 13.0 Å². The number of unbranched alkanes of at least 4 members (excludes halogenated alkanes) is 1. The standard InChI is InChI=1S/C23H27FN2/c1-17-14-25-16-21-10-7-20(13-23(17)21)15-26-18(2)5-3-4-6-19-8-11-22(24)12-9-19/h7-14,16,18,26H,3-6,15H2,1-2H3/t18-/m1/s1. The van der Waals surface area contributed by atoms with E-state index in [9.17, 15) is 4.39 Å². The molecule has 0 bridgehead atoms. The summed E-state index contributed by atoms with van der Waals surface area (Å²) in [5.41, 5.74) is 3.75. The highest BCUT2D eigenvalue weighted by Crippen LogP contribution is 2.18. The lowest BCUT2D eigenvalue weighted by molar-refractivity contribution is 0.489. The molecule has 1 aromatic heterocycles. The Hall–Kier alpha value is -2.26. The van der Waals surface area contributed by atoms with Crippen LogP contribution in [0.4, 0.5) is 4.39 Å². The van der Waals surface area contributed by atoms with E-state index in [0.29, 0.717) is 6.04 Å². The van der Waals surface area contributed by atoms with E-state index in [-0.39, 0.29) is 5.82 Å². The number of hydrogen-bond acceptors (Lipinski definition) is 2. The van der Waals surface area contributed by atoms with Gasteiger partial charge in [-0.2, -0.15) is 0 Å². The SMILES string of the molecule is Cc1cncc2ccc(CN[C@H](C)CCCCc3ccc(F)cc3)cc12. The smallest absolute Gasteiger partial charge is 0.123 e. The summed E-state index contributed by atoms with van der Waals surface area (Å²) in [7, 11) is 0. The van der Waals surface area contributed by atoms with Crippen molar-refractivity contribution in [1.82, 2.24) is 10.3 Å². The summed E-state index contributed by atoms with van der Waals surface area (Å²) in [6, 6.07) is 13.9. The summed E-state index contributed by atoms with van der Waals surface area (Å²) >= 11 is 0. The van der Waals surface area contributed by atoms with Gasteiger partial charge in [-0.05, 0) is 73.4 Å². The predicted octanol–water partition coefficient (Wildman–Crippen LogP) is 5.57. The number of halogens is 1. The molecule has 0 aliphatic rings. The number of hydrogen-bond donors (Lipinski definition) is 1. The van der Waals surface area contributed by atoms with Crippen LogP contribution in [0, 0.1) is 12.7 Å². The lowest BCUT2D eigenvalue weighted by Gasteiger charge is -2.14. The van der Waals surface area contributed by atoms with Gasteiger partial charge in [-0.1, -0.05) is 30.7 Å². The number of benzene rings is 2. The van der Waals surface area contributed by atoms with Gasteiger partial charge in [0.05, 0.1) is 0 Å². The van der Waals surface area contributed by atoms with Gasteiger partial charge in [0.25, 0.3) is 0 Å². The Morgan fingerprint density at radius 1 is 1.00 bits per heavy atom. The van der Waals surface area contributed by atoms with Gasteiger partial charge in [0.2, 0.25) is 0 Å². The van der Waals surface area contributed by atoms with Gasteiger partial charge >= 0.3 is 0 Å². The molecule has 1 N–H and O–H groups in total. The molecule has 0 aliphatic carbocycles. The molecular weight excluding hydrogens is 323 g/mol. The number of rotatable bonds is 8. The number of pyridine rings is 1. The van der Waals surface area contributed by atoms with E-state index in [1.165, 1.54) is 33.9 Å².